The standard InChI is InChI=1S/C23H22Cl2N2O4S/c1-12(2)19-10-15(21(26)28)23(32-19)27-22(29)13-7-8-17(30-3)14(9-13)11-31-18-6-4-5-16(24)20(18)25/h4-10,12H,11H2,1-3H3,(H2,26,28)(H,27,29). The molecule has 0 atom stereocenters. The van der Waals surface area contributed by atoms with E-state index in [1.807, 2.05) is 13.8 Å². The molecule has 6 nitrogen and oxygen atoms in total. The van der Waals surface area contributed by atoms with Crippen molar-refractivity contribution in [2.45, 2.75) is 26.4 Å². The first-order valence-corrected chi connectivity index (χ1v) is 11.3. The van der Waals surface area contributed by atoms with Crippen molar-refractivity contribution in [3.8, 4) is 11.5 Å². The van der Waals surface area contributed by atoms with Crippen molar-refractivity contribution < 1.29 is 19.1 Å². The van der Waals surface area contributed by atoms with Gasteiger partial charge in [0.2, 0.25) is 0 Å². The van der Waals surface area contributed by atoms with E-state index >= 15 is 0 Å². The van der Waals surface area contributed by atoms with Crippen molar-refractivity contribution in [1.82, 2.24) is 0 Å². The maximum absolute atomic E-state index is 12.9. The molecule has 2 aromatic carbocycles. The van der Waals surface area contributed by atoms with Crippen molar-refractivity contribution in [2.75, 3.05) is 12.4 Å². The number of thiophene rings is 1. The number of carbonyl (C=O) groups excluding carboxylic acids is 2. The average Bonchev–Trinajstić information content (AvgIpc) is 3.19. The molecule has 0 aliphatic carbocycles. The number of methoxy groups -OCH3 is 1. The predicted octanol–water partition coefficient (Wildman–Crippen LogP) is 6.12. The highest BCUT2D eigenvalue weighted by atomic mass is 35.5. The van der Waals surface area contributed by atoms with Gasteiger partial charge in [-0.25, -0.2) is 0 Å². The molecular formula is C23H22Cl2N2O4S. The van der Waals surface area contributed by atoms with E-state index in [2.05, 4.69) is 5.32 Å². The summed E-state index contributed by atoms with van der Waals surface area (Å²) in [7, 11) is 1.53. The van der Waals surface area contributed by atoms with Crippen LogP contribution in [0.15, 0.2) is 42.5 Å². The Morgan fingerprint density at radius 2 is 1.88 bits per heavy atom. The minimum absolute atomic E-state index is 0.105. The highest BCUT2D eigenvalue weighted by Gasteiger charge is 2.19. The molecule has 0 saturated carbocycles. The van der Waals surface area contributed by atoms with E-state index in [9.17, 15) is 9.59 Å². The second-order valence-corrected chi connectivity index (χ2v) is 9.10. The van der Waals surface area contributed by atoms with Gasteiger partial charge in [-0.2, -0.15) is 0 Å². The molecule has 0 bridgehead atoms. The summed E-state index contributed by atoms with van der Waals surface area (Å²) in [5.41, 5.74) is 6.79. The summed E-state index contributed by atoms with van der Waals surface area (Å²) in [6.07, 6.45) is 0. The number of rotatable bonds is 8. The van der Waals surface area contributed by atoms with Crippen molar-refractivity contribution in [2.24, 2.45) is 5.73 Å². The number of benzene rings is 2. The zero-order chi connectivity index (χ0) is 23.4. The zero-order valence-corrected chi connectivity index (χ0v) is 20.0. The number of primary amides is 1. The maximum atomic E-state index is 12.9. The van der Waals surface area contributed by atoms with Crippen LogP contribution in [0.3, 0.4) is 0 Å². The quantitative estimate of drug-likeness (QED) is 0.396. The van der Waals surface area contributed by atoms with Gasteiger partial charge in [-0.05, 0) is 42.3 Å². The molecule has 3 aromatic rings. The van der Waals surface area contributed by atoms with Crippen LogP contribution in [-0.2, 0) is 6.61 Å². The summed E-state index contributed by atoms with van der Waals surface area (Å²) in [6, 6.07) is 11.8. The van der Waals surface area contributed by atoms with Crippen LogP contribution >= 0.6 is 34.5 Å². The van der Waals surface area contributed by atoms with E-state index in [0.29, 0.717) is 43.2 Å². The molecule has 1 heterocycles. The summed E-state index contributed by atoms with van der Waals surface area (Å²) in [6.45, 7) is 4.11. The van der Waals surface area contributed by atoms with Crippen LogP contribution in [0.25, 0.3) is 0 Å². The maximum Gasteiger partial charge on any atom is 0.256 e. The fourth-order valence-corrected chi connectivity index (χ4v) is 4.34. The number of halogens is 2. The van der Waals surface area contributed by atoms with Crippen LogP contribution < -0.4 is 20.5 Å². The van der Waals surface area contributed by atoms with Crippen LogP contribution in [0.1, 0.15) is 50.9 Å². The Morgan fingerprint density at radius 1 is 1.12 bits per heavy atom. The molecule has 9 heteroatoms. The lowest BCUT2D eigenvalue weighted by atomic mass is 10.1. The number of hydrogen-bond donors (Lipinski definition) is 2. The molecule has 168 valence electrons. The number of nitrogens with one attached hydrogen (secondary N) is 1. The monoisotopic (exact) mass is 492 g/mol. The third kappa shape index (κ3) is 5.35. The van der Waals surface area contributed by atoms with Crippen LogP contribution in [0.4, 0.5) is 5.00 Å². The van der Waals surface area contributed by atoms with Crippen molar-refractivity contribution in [1.29, 1.82) is 0 Å². The number of ether oxygens (including phenoxy) is 2. The largest absolute Gasteiger partial charge is 0.496 e. The molecule has 0 aliphatic rings. The van der Waals surface area contributed by atoms with Gasteiger partial charge in [-0.1, -0.05) is 43.1 Å². The lowest BCUT2D eigenvalue weighted by molar-refractivity contribution is 0.100. The zero-order valence-electron chi connectivity index (χ0n) is 17.7. The third-order valence-electron chi connectivity index (χ3n) is 4.65. The molecule has 0 aliphatic heterocycles. The van der Waals surface area contributed by atoms with Crippen molar-refractivity contribution in [3.63, 3.8) is 0 Å². The molecule has 2 amide bonds. The number of anilines is 1. The van der Waals surface area contributed by atoms with Crippen LogP contribution in [-0.4, -0.2) is 18.9 Å². The Hall–Kier alpha value is -2.74. The predicted molar refractivity (Wildman–Crippen MR) is 129 cm³/mol. The van der Waals surface area contributed by atoms with E-state index in [-0.39, 0.29) is 18.4 Å². The number of carbonyl (C=O) groups is 2. The van der Waals surface area contributed by atoms with Gasteiger partial charge in [-0.3, -0.25) is 9.59 Å². The number of hydrogen-bond acceptors (Lipinski definition) is 5. The topological polar surface area (TPSA) is 90.6 Å². The van der Waals surface area contributed by atoms with E-state index in [1.54, 1.807) is 42.5 Å². The Labute approximate surface area is 200 Å². The van der Waals surface area contributed by atoms with Gasteiger partial charge in [0.05, 0.1) is 17.7 Å². The van der Waals surface area contributed by atoms with Crippen LogP contribution in [0.2, 0.25) is 10.0 Å². The molecule has 3 N–H and O–H groups in total. The lowest BCUT2D eigenvalue weighted by Crippen LogP contribution is -2.16. The van der Waals surface area contributed by atoms with Gasteiger partial charge in [-0.15, -0.1) is 11.3 Å². The Kier molecular flexibility index (Phi) is 7.66. The highest BCUT2D eigenvalue weighted by Crippen LogP contribution is 2.34. The first-order chi connectivity index (χ1) is 15.2. The molecule has 0 fully saturated rings. The average molecular weight is 493 g/mol. The van der Waals surface area contributed by atoms with Crippen molar-refractivity contribution in [3.05, 3.63) is 74.1 Å². The molecule has 3 rings (SSSR count). The van der Waals surface area contributed by atoms with Gasteiger partial charge in [0.15, 0.2) is 0 Å². The van der Waals surface area contributed by atoms with Gasteiger partial charge in [0.25, 0.3) is 11.8 Å². The summed E-state index contributed by atoms with van der Waals surface area (Å²) in [5, 5.41) is 3.90. The fraction of sp³-hybridized carbons (Fsp3) is 0.217. The van der Waals surface area contributed by atoms with E-state index in [1.165, 1.54) is 18.4 Å². The number of amides is 2. The SMILES string of the molecule is COc1ccc(C(=O)Nc2sc(C(C)C)cc2C(N)=O)cc1COc1cccc(Cl)c1Cl. The Morgan fingerprint density at radius 3 is 2.53 bits per heavy atom. The molecular weight excluding hydrogens is 471 g/mol. The summed E-state index contributed by atoms with van der Waals surface area (Å²) < 4.78 is 11.2. The summed E-state index contributed by atoms with van der Waals surface area (Å²) >= 11 is 13.5. The van der Waals surface area contributed by atoms with E-state index < -0.39 is 5.91 Å². The highest BCUT2D eigenvalue weighted by molar-refractivity contribution is 7.16. The molecule has 1 aromatic heterocycles. The van der Waals surface area contributed by atoms with Gasteiger partial charge < -0.3 is 20.5 Å². The van der Waals surface area contributed by atoms with Crippen LogP contribution in [0, 0.1) is 0 Å². The second kappa shape index (κ2) is 10.3. The molecule has 32 heavy (non-hydrogen) atoms. The minimum atomic E-state index is -0.592. The Bertz CT molecular complexity index is 1160. The van der Waals surface area contributed by atoms with Crippen LogP contribution in [0.5, 0.6) is 11.5 Å². The second-order valence-electron chi connectivity index (χ2n) is 7.23. The van der Waals surface area contributed by atoms with E-state index in [4.69, 9.17) is 38.4 Å². The lowest BCUT2D eigenvalue weighted by Gasteiger charge is -2.13. The number of nitrogens with two attached hydrogens (primary N) is 1. The third-order valence-corrected chi connectivity index (χ3v) is 6.81. The Balaban J connectivity index is 1.84. The summed E-state index contributed by atoms with van der Waals surface area (Å²) in [5.74, 6) is 0.199. The summed E-state index contributed by atoms with van der Waals surface area (Å²) in [4.78, 5) is 25.7. The minimum Gasteiger partial charge on any atom is -0.496 e. The van der Waals surface area contributed by atoms with Gasteiger partial charge in [0.1, 0.15) is 28.1 Å². The molecule has 0 radical (unpaired) electrons. The molecule has 0 saturated heterocycles. The smallest absolute Gasteiger partial charge is 0.256 e. The first-order valence-electron chi connectivity index (χ1n) is 9.69. The van der Waals surface area contributed by atoms with Gasteiger partial charge in [0, 0.05) is 16.0 Å². The molecule has 0 spiro atoms. The van der Waals surface area contributed by atoms with E-state index in [0.717, 1.165) is 4.88 Å². The fourth-order valence-electron chi connectivity index (χ4n) is 2.93. The normalized spacial score (nSPS) is 10.8. The molecule has 0 unspecified atom stereocenters. The van der Waals surface area contributed by atoms with Crippen molar-refractivity contribution >= 4 is 51.4 Å². The first kappa shape index (κ1) is 23.9. The van der Waals surface area contributed by atoms with Gasteiger partial charge >= 0.3 is 0 Å².